The Morgan fingerprint density at radius 3 is 2.44 bits per heavy atom. The molecule has 4 rings (SSSR count). The summed E-state index contributed by atoms with van der Waals surface area (Å²) in [6.45, 7) is 1.82. The number of fused-ring (bicyclic) bond motifs is 1. The Morgan fingerprint density at radius 1 is 1.03 bits per heavy atom. The van der Waals surface area contributed by atoms with Crippen molar-refractivity contribution in [2.24, 2.45) is 0 Å². The van der Waals surface area contributed by atoms with Gasteiger partial charge in [0.1, 0.15) is 5.75 Å². The fourth-order valence-electron chi connectivity index (χ4n) is 4.33. The van der Waals surface area contributed by atoms with Crippen LogP contribution in [0.4, 0.5) is 5.69 Å². The van der Waals surface area contributed by atoms with Crippen LogP contribution in [0, 0.1) is 6.92 Å². The number of nitrogens with zero attached hydrogens (tertiary/aromatic N) is 2. The highest BCUT2D eigenvalue weighted by molar-refractivity contribution is 6.07. The van der Waals surface area contributed by atoms with Crippen LogP contribution in [0.5, 0.6) is 5.75 Å². The lowest BCUT2D eigenvalue weighted by Gasteiger charge is -2.31. The van der Waals surface area contributed by atoms with Gasteiger partial charge in [-0.3, -0.25) is 14.6 Å². The van der Waals surface area contributed by atoms with Crippen molar-refractivity contribution in [1.29, 1.82) is 0 Å². The molecule has 0 aliphatic heterocycles. The van der Waals surface area contributed by atoms with Gasteiger partial charge >= 0.3 is 0 Å². The smallest absolute Gasteiger partial charge is 0.257 e. The van der Waals surface area contributed by atoms with E-state index in [-0.39, 0.29) is 11.8 Å². The molecular formula is C26H29N3O3. The Labute approximate surface area is 188 Å². The van der Waals surface area contributed by atoms with E-state index in [0.29, 0.717) is 28.6 Å². The number of nitrogens with one attached hydrogen (secondary N) is 1. The molecule has 3 aromatic rings. The zero-order valence-corrected chi connectivity index (χ0v) is 18.9. The molecule has 166 valence electrons. The molecule has 2 aromatic carbocycles. The highest BCUT2D eigenvalue weighted by atomic mass is 16.5. The minimum atomic E-state index is -0.230. The van der Waals surface area contributed by atoms with Gasteiger partial charge in [-0.05, 0) is 62.2 Å². The average molecular weight is 432 g/mol. The molecule has 1 heterocycles. The molecule has 6 heteroatoms. The number of aromatic nitrogens is 1. The maximum absolute atomic E-state index is 12.9. The van der Waals surface area contributed by atoms with Gasteiger partial charge in [0.2, 0.25) is 0 Å². The van der Waals surface area contributed by atoms with Crippen molar-refractivity contribution >= 4 is 28.4 Å². The number of hydrogen-bond donors (Lipinski definition) is 1. The largest absolute Gasteiger partial charge is 0.497 e. The molecule has 0 atom stereocenters. The van der Waals surface area contributed by atoms with Crippen LogP contribution in [0.1, 0.15) is 58.5 Å². The van der Waals surface area contributed by atoms with Gasteiger partial charge in [0, 0.05) is 35.8 Å². The number of methoxy groups -OCH3 is 1. The molecule has 0 saturated heterocycles. The lowest BCUT2D eigenvalue weighted by Crippen LogP contribution is -2.38. The van der Waals surface area contributed by atoms with Crippen molar-refractivity contribution in [3.63, 3.8) is 0 Å². The third-order valence-corrected chi connectivity index (χ3v) is 6.29. The van der Waals surface area contributed by atoms with E-state index in [1.807, 2.05) is 43.1 Å². The second-order valence-electron chi connectivity index (χ2n) is 8.42. The van der Waals surface area contributed by atoms with Crippen LogP contribution in [0.3, 0.4) is 0 Å². The van der Waals surface area contributed by atoms with Crippen molar-refractivity contribution in [3.8, 4) is 5.75 Å². The van der Waals surface area contributed by atoms with E-state index in [1.54, 1.807) is 31.4 Å². The van der Waals surface area contributed by atoms with Crippen molar-refractivity contribution in [2.75, 3.05) is 19.5 Å². The van der Waals surface area contributed by atoms with Gasteiger partial charge in [-0.1, -0.05) is 19.3 Å². The molecule has 1 aromatic heterocycles. The van der Waals surface area contributed by atoms with Crippen molar-refractivity contribution < 1.29 is 14.3 Å². The summed E-state index contributed by atoms with van der Waals surface area (Å²) in [6.07, 6.45) is 5.77. The second-order valence-corrected chi connectivity index (χ2v) is 8.42. The number of ether oxygens (including phenoxy) is 1. The lowest BCUT2D eigenvalue weighted by molar-refractivity contribution is 0.0696. The Balaban J connectivity index is 1.46. The van der Waals surface area contributed by atoms with Crippen LogP contribution in [0.25, 0.3) is 10.9 Å². The first-order chi connectivity index (χ1) is 15.5. The molecule has 2 amide bonds. The molecule has 1 N–H and O–H groups in total. The summed E-state index contributed by atoms with van der Waals surface area (Å²) >= 11 is 0. The first-order valence-electron chi connectivity index (χ1n) is 11.1. The minimum absolute atomic E-state index is 0.0276. The van der Waals surface area contributed by atoms with Gasteiger partial charge in [-0.2, -0.15) is 0 Å². The van der Waals surface area contributed by atoms with Crippen LogP contribution < -0.4 is 10.1 Å². The van der Waals surface area contributed by atoms with E-state index in [0.717, 1.165) is 29.5 Å². The fraction of sp³-hybridized carbons (Fsp3) is 0.346. The summed E-state index contributed by atoms with van der Waals surface area (Å²) in [5.41, 5.74) is 3.21. The first kappa shape index (κ1) is 21.8. The maximum Gasteiger partial charge on any atom is 0.257 e. The number of aryl methyl sites for hydroxylation is 1. The summed E-state index contributed by atoms with van der Waals surface area (Å²) in [4.78, 5) is 32.1. The topological polar surface area (TPSA) is 71.5 Å². The Hall–Kier alpha value is -3.41. The zero-order chi connectivity index (χ0) is 22.7. The van der Waals surface area contributed by atoms with E-state index < -0.39 is 0 Å². The number of carbonyl (C=O) groups excluding carboxylic acids is 2. The number of amides is 2. The van der Waals surface area contributed by atoms with Gasteiger partial charge in [0.15, 0.2) is 0 Å². The molecule has 32 heavy (non-hydrogen) atoms. The molecular weight excluding hydrogens is 402 g/mol. The third-order valence-electron chi connectivity index (χ3n) is 6.29. The highest BCUT2D eigenvalue weighted by Crippen LogP contribution is 2.24. The summed E-state index contributed by atoms with van der Waals surface area (Å²) in [6, 6.07) is 14.8. The Morgan fingerprint density at radius 2 is 1.75 bits per heavy atom. The first-order valence-corrected chi connectivity index (χ1v) is 11.1. The van der Waals surface area contributed by atoms with Crippen LogP contribution in [-0.4, -0.2) is 41.9 Å². The summed E-state index contributed by atoms with van der Waals surface area (Å²) in [5.74, 6) is 0.524. The van der Waals surface area contributed by atoms with Crippen molar-refractivity contribution in [2.45, 2.75) is 45.1 Å². The van der Waals surface area contributed by atoms with Gasteiger partial charge < -0.3 is 15.0 Å². The van der Waals surface area contributed by atoms with E-state index in [9.17, 15) is 9.59 Å². The monoisotopic (exact) mass is 431 g/mol. The highest BCUT2D eigenvalue weighted by Gasteiger charge is 2.23. The molecule has 1 aliphatic rings. The predicted molar refractivity (Wildman–Crippen MR) is 126 cm³/mol. The van der Waals surface area contributed by atoms with Crippen molar-refractivity contribution in [3.05, 3.63) is 65.4 Å². The number of benzene rings is 2. The van der Waals surface area contributed by atoms with E-state index in [1.165, 1.54) is 19.3 Å². The van der Waals surface area contributed by atoms with E-state index >= 15 is 0 Å². The summed E-state index contributed by atoms with van der Waals surface area (Å²) in [5, 5.41) is 3.79. The molecule has 0 bridgehead atoms. The molecule has 0 radical (unpaired) electrons. The number of rotatable bonds is 5. The van der Waals surface area contributed by atoms with Gasteiger partial charge in [-0.25, -0.2) is 0 Å². The van der Waals surface area contributed by atoms with Gasteiger partial charge in [-0.15, -0.1) is 0 Å². The van der Waals surface area contributed by atoms with Crippen LogP contribution in [0.2, 0.25) is 0 Å². The van der Waals surface area contributed by atoms with Crippen molar-refractivity contribution in [1.82, 2.24) is 9.88 Å². The maximum atomic E-state index is 12.9. The van der Waals surface area contributed by atoms with E-state index in [2.05, 4.69) is 10.3 Å². The summed E-state index contributed by atoms with van der Waals surface area (Å²) < 4.78 is 5.25. The number of carbonyl (C=O) groups is 2. The minimum Gasteiger partial charge on any atom is -0.497 e. The lowest BCUT2D eigenvalue weighted by atomic mass is 9.94. The number of hydrogen-bond acceptors (Lipinski definition) is 4. The quantitative estimate of drug-likeness (QED) is 0.602. The molecule has 0 spiro atoms. The predicted octanol–water partition coefficient (Wildman–Crippen LogP) is 5.21. The molecule has 6 nitrogen and oxygen atoms in total. The van der Waals surface area contributed by atoms with Crippen LogP contribution in [0.15, 0.2) is 48.5 Å². The molecule has 1 fully saturated rings. The Kier molecular flexibility index (Phi) is 6.40. The fourth-order valence-corrected chi connectivity index (χ4v) is 4.33. The van der Waals surface area contributed by atoms with E-state index in [4.69, 9.17) is 4.74 Å². The van der Waals surface area contributed by atoms with Crippen LogP contribution >= 0.6 is 0 Å². The SMILES string of the molecule is COc1ccc2cc(C(=O)Nc3ccc(C(=O)N(C)C4CCCCC4)cc3)c(C)nc2c1. The zero-order valence-electron chi connectivity index (χ0n) is 18.9. The van der Waals surface area contributed by atoms with Crippen LogP contribution in [-0.2, 0) is 0 Å². The second kappa shape index (κ2) is 9.39. The Bertz CT molecular complexity index is 1140. The number of pyridine rings is 1. The normalized spacial score (nSPS) is 14.2. The average Bonchev–Trinajstić information content (AvgIpc) is 2.83. The third kappa shape index (κ3) is 4.59. The molecule has 0 unspecified atom stereocenters. The van der Waals surface area contributed by atoms with Gasteiger partial charge in [0.05, 0.1) is 23.9 Å². The standard InChI is InChI=1S/C26H29N3O3/c1-17-23(15-19-11-14-22(32-3)16-24(19)27-17)25(30)28-20-12-9-18(10-13-20)26(31)29(2)21-7-5-4-6-8-21/h9-16,21H,4-8H2,1-3H3,(H,28,30). The summed E-state index contributed by atoms with van der Waals surface area (Å²) in [7, 11) is 3.50. The molecule has 1 aliphatic carbocycles. The number of anilines is 1. The van der Waals surface area contributed by atoms with Gasteiger partial charge in [0.25, 0.3) is 11.8 Å². The molecule has 1 saturated carbocycles.